The van der Waals surface area contributed by atoms with Crippen molar-refractivity contribution in [2.75, 3.05) is 13.7 Å². The Kier molecular flexibility index (Phi) is 4.52. The minimum Gasteiger partial charge on any atom is -0.481 e. The molecule has 10 heteroatoms. The molecule has 2 heterocycles. The molecule has 6 nitrogen and oxygen atoms in total. The zero-order valence-corrected chi connectivity index (χ0v) is 12.0. The van der Waals surface area contributed by atoms with E-state index in [9.17, 15) is 22.4 Å². The molecule has 2 rings (SSSR count). The molecule has 0 saturated heterocycles. The van der Waals surface area contributed by atoms with Crippen LogP contribution in [-0.2, 0) is 10.9 Å². The van der Waals surface area contributed by atoms with E-state index in [1.165, 1.54) is 14.0 Å². The predicted molar refractivity (Wildman–Crippen MR) is 68.8 cm³/mol. The van der Waals surface area contributed by atoms with Gasteiger partial charge in [0.25, 0.3) is 0 Å². The number of alkyl halides is 3. The second kappa shape index (κ2) is 6.23. The smallest absolute Gasteiger partial charge is 0.434 e. The van der Waals surface area contributed by atoms with E-state index in [1.807, 2.05) is 0 Å². The van der Waals surface area contributed by atoms with Gasteiger partial charge in [0.1, 0.15) is 5.56 Å². The van der Waals surface area contributed by atoms with Crippen molar-refractivity contribution in [1.82, 2.24) is 14.8 Å². The van der Waals surface area contributed by atoms with Crippen molar-refractivity contribution < 1.29 is 31.8 Å². The Morgan fingerprint density at radius 1 is 1.35 bits per heavy atom. The second-order valence-electron chi connectivity index (χ2n) is 4.20. The highest BCUT2D eigenvalue weighted by atomic mass is 19.4. The Balaban J connectivity index is 2.67. The molecule has 0 atom stereocenters. The van der Waals surface area contributed by atoms with Crippen molar-refractivity contribution in [2.45, 2.75) is 13.1 Å². The molecule has 0 N–H and O–H groups in total. The topological polar surface area (TPSA) is 66.2 Å². The number of rotatable bonds is 4. The van der Waals surface area contributed by atoms with Crippen LogP contribution in [0.1, 0.15) is 23.0 Å². The standard InChI is InChI=1S/C13H11F4N3O3/c1-3-23-12(21)7-6-18-20(10(7)13(15,16)17)11-8(14)4-5-9(19-11)22-2/h4-6H,3H2,1-2H3. The van der Waals surface area contributed by atoms with Crippen LogP contribution < -0.4 is 4.74 Å². The van der Waals surface area contributed by atoms with E-state index in [0.717, 1.165) is 12.1 Å². The summed E-state index contributed by atoms with van der Waals surface area (Å²) in [6.45, 7) is 1.33. The first-order valence-electron chi connectivity index (χ1n) is 6.32. The molecule has 2 aromatic heterocycles. The van der Waals surface area contributed by atoms with Crippen molar-refractivity contribution >= 4 is 5.97 Å². The first-order valence-corrected chi connectivity index (χ1v) is 6.32. The molecule has 23 heavy (non-hydrogen) atoms. The lowest BCUT2D eigenvalue weighted by atomic mass is 10.2. The number of esters is 1. The third-order valence-electron chi connectivity index (χ3n) is 2.74. The van der Waals surface area contributed by atoms with E-state index in [4.69, 9.17) is 4.74 Å². The van der Waals surface area contributed by atoms with Crippen molar-refractivity contribution in [3.63, 3.8) is 0 Å². The zero-order valence-electron chi connectivity index (χ0n) is 12.0. The van der Waals surface area contributed by atoms with Gasteiger partial charge in [0.15, 0.2) is 17.3 Å². The zero-order chi connectivity index (χ0) is 17.2. The van der Waals surface area contributed by atoms with Crippen molar-refractivity contribution in [3.05, 3.63) is 35.4 Å². The second-order valence-corrected chi connectivity index (χ2v) is 4.20. The van der Waals surface area contributed by atoms with Gasteiger partial charge in [0, 0.05) is 6.07 Å². The van der Waals surface area contributed by atoms with Crippen molar-refractivity contribution in [3.8, 4) is 11.7 Å². The molecule has 0 fully saturated rings. The summed E-state index contributed by atoms with van der Waals surface area (Å²) in [6, 6.07) is 2.02. The molecule has 0 saturated carbocycles. The maximum Gasteiger partial charge on any atom is 0.434 e. The predicted octanol–water partition coefficient (Wildman–Crippen LogP) is 2.61. The fourth-order valence-corrected chi connectivity index (χ4v) is 1.82. The number of ether oxygens (including phenoxy) is 2. The summed E-state index contributed by atoms with van der Waals surface area (Å²) in [5, 5.41) is 3.43. The molecule has 0 bridgehead atoms. The molecular formula is C13H11F4N3O3. The quantitative estimate of drug-likeness (QED) is 0.636. The summed E-state index contributed by atoms with van der Waals surface area (Å²) in [7, 11) is 1.22. The summed E-state index contributed by atoms with van der Waals surface area (Å²) < 4.78 is 63.2. The van der Waals surface area contributed by atoms with Crippen LogP contribution in [0.2, 0.25) is 0 Å². The van der Waals surface area contributed by atoms with Gasteiger partial charge in [-0.2, -0.15) is 23.3 Å². The molecule has 0 spiro atoms. The van der Waals surface area contributed by atoms with Crippen LogP contribution in [0.4, 0.5) is 17.6 Å². The van der Waals surface area contributed by atoms with E-state index in [0.29, 0.717) is 6.20 Å². The van der Waals surface area contributed by atoms with Crippen LogP contribution >= 0.6 is 0 Å². The maximum absolute atomic E-state index is 13.9. The van der Waals surface area contributed by atoms with E-state index in [2.05, 4.69) is 14.8 Å². The summed E-state index contributed by atoms with van der Waals surface area (Å²) in [4.78, 5) is 15.3. The highest BCUT2D eigenvalue weighted by Gasteiger charge is 2.41. The summed E-state index contributed by atoms with van der Waals surface area (Å²) in [6.07, 6.45) is -4.32. The number of nitrogens with zero attached hydrogens (tertiary/aromatic N) is 3. The van der Waals surface area contributed by atoms with E-state index < -0.39 is 35.0 Å². The third kappa shape index (κ3) is 3.25. The highest BCUT2D eigenvalue weighted by Crippen LogP contribution is 2.34. The minimum absolute atomic E-state index is 0.109. The molecule has 2 aromatic rings. The monoisotopic (exact) mass is 333 g/mol. The lowest BCUT2D eigenvalue weighted by Crippen LogP contribution is -2.19. The van der Waals surface area contributed by atoms with Gasteiger partial charge in [0.2, 0.25) is 5.88 Å². The van der Waals surface area contributed by atoms with Crippen molar-refractivity contribution in [1.29, 1.82) is 0 Å². The van der Waals surface area contributed by atoms with E-state index in [1.54, 1.807) is 0 Å². The van der Waals surface area contributed by atoms with Crippen LogP contribution in [0.3, 0.4) is 0 Å². The number of carbonyl (C=O) groups is 1. The number of hydrogen-bond donors (Lipinski definition) is 0. The van der Waals surface area contributed by atoms with Gasteiger partial charge in [0.05, 0.1) is 19.9 Å². The molecule has 0 amide bonds. The van der Waals surface area contributed by atoms with Crippen LogP contribution in [0.5, 0.6) is 5.88 Å². The normalized spacial score (nSPS) is 11.4. The molecule has 0 aliphatic heterocycles. The minimum atomic E-state index is -4.98. The average molecular weight is 333 g/mol. The Bertz CT molecular complexity index is 728. The number of pyridine rings is 1. The molecule has 0 radical (unpaired) electrons. The number of aromatic nitrogens is 3. The highest BCUT2D eigenvalue weighted by molar-refractivity contribution is 5.90. The van der Waals surface area contributed by atoms with Crippen LogP contribution in [0, 0.1) is 5.82 Å². The molecule has 124 valence electrons. The largest absolute Gasteiger partial charge is 0.481 e. The number of carbonyl (C=O) groups excluding carboxylic acids is 1. The summed E-state index contributed by atoms with van der Waals surface area (Å²) >= 11 is 0. The van der Waals surface area contributed by atoms with Gasteiger partial charge in [-0.25, -0.2) is 13.9 Å². The molecule has 0 aromatic carbocycles. The first-order chi connectivity index (χ1) is 10.8. The van der Waals surface area contributed by atoms with Crippen LogP contribution in [0.15, 0.2) is 18.3 Å². The van der Waals surface area contributed by atoms with Gasteiger partial charge >= 0.3 is 12.1 Å². The van der Waals surface area contributed by atoms with Gasteiger partial charge in [-0.15, -0.1) is 0 Å². The average Bonchev–Trinajstić information content (AvgIpc) is 2.93. The number of halogens is 4. The summed E-state index contributed by atoms with van der Waals surface area (Å²) in [5.41, 5.74) is -2.31. The first kappa shape index (κ1) is 16.7. The van der Waals surface area contributed by atoms with Gasteiger partial charge in [-0.05, 0) is 13.0 Å². The molecule has 0 aliphatic rings. The van der Waals surface area contributed by atoms with Gasteiger partial charge in [-0.3, -0.25) is 0 Å². The van der Waals surface area contributed by atoms with E-state index >= 15 is 0 Å². The Hall–Kier alpha value is -2.65. The SMILES string of the molecule is CCOC(=O)c1cnn(-c2nc(OC)ccc2F)c1C(F)(F)F. The Morgan fingerprint density at radius 2 is 2.04 bits per heavy atom. The lowest BCUT2D eigenvalue weighted by Gasteiger charge is -2.12. The Labute approximate surface area is 127 Å². The third-order valence-corrected chi connectivity index (χ3v) is 2.74. The Morgan fingerprint density at radius 3 is 2.61 bits per heavy atom. The van der Waals surface area contributed by atoms with Gasteiger partial charge in [-0.1, -0.05) is 0 Å². The van der Waals surface area contributed by atoms with Crippen LogP contribution in [0.25, 0.3) is 5.82 Å². The van der Waals surface area contributed by atoms with Crippen LogP contribution in [-0.4, -0.2) is 34.5 Å². The fraction of sp³-hybridized carbons (Fsp3) is 0.308. The fourth-order valence-electron chi connectivity index (χ4n) is 1.82. The van der Waals surface area contributed by atoms with Gasteiger partial charge < -0.3 is 9.47 Å². The summed E-state index contributed by atoms with van der Waals surface area (Å²) in [5.74, 6) is -3.13. The molecular weight excluding hydrogens is 322 g/mol. The number of hydrogen-bond acceptors (Lipinski definition) is 5. The lowest BCUT2D eigenvalue weighted by molar-refractivity contribution is -0.143. The maximum atomic E-state index is 13.9. The number of methoxy groups -OCH3 is 1. The van der Waals surface area contributed by atoms with Crippen molar-refractivity contribution in [2.24, 2.45) is 0 Å². The molecule has 0 unspecified atom stereocenters. The van der Waals surface area contributed by atoms with E-state index in [-0.39, 0.29) is 17.2 Å². The molecule has 0 aliphatic carbocycles.